The summed E-state index contributed by atoms with van der Waals surface area (Å²) in [6, 6.07) is 4.65. The second kappa shape index (κ2) is 6.09. The van der Waals surface area contributed by atoms with Gasteiger partial charge in [0, 0.05) is 17.5 Å². The zero-order valence-electron chi connectivity index (χ0n) is 11.0. The number of aryl methyl sites for hydroxylation is 1. The molecule has 0 aliphatic carbocycles. The van der Waals surface area contributed by atoms with Crippen LogP contribution < -0.4 is 10.0 Å². The van der Waals surface area contributed by atoms with Gasteiger partial charge in [0.2, 0.25) is 10.0 Å². The molecule has 5 nitrogen and oxygen atoms in total. The summed E-state index contributed by atoms with van der Waals surface area (Å²) in [6.07, 6.45) is 0. The highest BCUT2D eigenvalue weighted by molar-refractivity contribution is 7.89. The van der Waals surface area contributed by atoms with E-state index >= 15 is 0 Å². The van der Waals surface area contributed by atoms with Gasteiger partial charge in [0.15, 0.2) is 5.13 Å². The molecule has 0 saturated carbocycles. The van der Waals surface area contributed by atoms with Gasteiger partial charge in [-0.3, -0.25) is 0 Å². The van der Waals surface area contributed by atoms with Gasteiger partial charge in [-0.05, 0) is 24.6 Å². The Labute approximate surface area is 127 Å². The fraction of sp³-hybridized carbons (Fsp3) is 0.250. The smallest absolute Gasteiger partial charge is 0.240 e. The first-order valence-corrected chi connectivity index (χ1v) is 8.54. The van der Waals surface area contributed by atoms with Crippen LogP contribution in [0.1, 0.15) is 11.3 Å². The van der Waals surface area contributed by atoms with E-state index < -0.39 is 10.0 Å². The summed E-state index contributed by atoms with van der Waals surface area (Å²) >= 11 is 7.37. The molecule has 20 heavy (non-hydrogen) atoms. The molecule has 2 rings (SSSR count). The Balaban J connectivity index is 2.12. The molecule has 1 aromatic carbocycles. The van der Waals surface area contributed by atoms with Crippen LogP contribution in [0.5, 0.6) is 0 Å². The van der Waals surface area contributed by atoms with Crippen LogP contribution in [0.15, 0.2) is 28.5 Å². The number of hydrogen-bond donors (Lipinski definition) is 2. The highest BCUT2D eigenvalue weighted by Gasteiger charge is 2.15. The van der Waals surface area contributed by atoms with Gasteiger partial charge in [0.1, 0.15) is 0 Å². The molecule has 0 amide bonds. The van der Waals surface area contributed by atoms with Crippen LogP contribution in [0, 0.1) is 6.92 Å². The molecule has 0 fully saturated rings. The largest absolute Gasteiger partial charge is 0.365 e. The first-order valence-electron chi connectivity index (χ1n) is 5.80. The van der Waals surface area contributed by atoms with Crippen molar-refractivity contribution in [1.29, 1.82) is 0 Å². The first kappa shape index (κ1) is 15.2. The molecular formula is C12H14ClN3O2S2. The molecular weight excluding hydrogens is 318 g/mol. The van der Waals surface area contributed by atoms with Gasteiger partial charge in [0.25, 0.3) is 0 Å². The Bertz CT molecular complexity index is 713. The maximum atomic E-state index is 12.1. The zero-order valence-corrected chi connectivity index (χ0v) is 13.4. The van der Waals surface area contributed by atoms with Gasteiger partial charge in [-0.25, -0.2) is 18.1 Å². The predicted molar refractivity (Wildman–Crippen MR) is 81.9 cm³/mol. The Hall–Kier alpha value is -1.15. The van der Waals surface area contributed by atoms with E-state index in [1.165, 1.54) is 23.5 Å². The fourth-order valence-corrected chi connectivity index (χ4v) is 3.44. The minimum absolute atomic E-state index is 0.145. The summed E-state index contributed by atoms with van der Waals surface area (Å²) in [4.78, 5) is 4.36. The van der Waals surface area contributed by atoms with Crippen LogP contribution in [0.3, 0.4) is 0 Å². The van der Waals surface area contributed by atoms with Crippen LogP contribution in [-0.4, -0.2) is 20.4 Å². The summed E-state index contributed by atoms with van der Waals surface area (Å²) in [5.41, 5.74) is 1.50. The van der Waals surface area contributed by atoms with Gasteiger partial charge in [0.05, 0.1) is 17.1 Å². The maximum Gasteiger partial charge on any atom is 0.240 e. The third-order valence-electron chi connectivity index (χ3n) is 2.66. The van der Waals surface area contributed by atoms with E-state index in [9.17, 15) is 8.42 Å². The Morgan fingerprint density at radius 1 is 1.40 bits per heavy atom. The molecule has 108 valence electrons. The third-order valence-corrected chi connectivity index (χ3v) is 5.38. The molecule has 2 aromatic rings. The highest BCUT2D eigenvalue weighted by Crippen LogP contribution is 2.20. The van der Waals surface area contributed by atoms with E-state index in [2.05, 4.69) is 15.0 Å². The average Bonchev–Trinajstić information content (AvgIpc) is 2.87. The summed E-state index contributed by atoms with van der Waals surface area (Å²) in [7, 11) is -1.82. The minimum atomic E-state index is -3.59. The lowest BCUT2D eigenvalue weighted by atomic mass is 10.2. The van der Waals surface area contributed by atoms with Gasteiger partial charge < -0.3 is 5.32 Å². The molecule has 0 saturated heterocycles. The highest BCUT2D eigenvalue weighted by atomic mass is 35.5. The minimum Gasteiger partial charge on any atom is -0.365 e. The number of nitrogens with zero attached hydrogens (tertiary/aromatic N) is 1. The normalized spacial score (nSPS) is 11.6. The second-order valence-electron chi connectivity index (χ2n) is 4.13. The molecule has 0 aliphatic heterocycles. The van der Waals surface area contributed by atoms with Crippen molar-refractivity contribution in [2.75, 3.05) is 12.4 Å². The summed E-state index contributed by atoms with van der Waals surface area (Å²) in [5.74, 6) is 0. The van der Waals surface area contributed by atoms with Crippen LogP contribution in [0.25, 0.3) is 0 Å². The number of nitrogens with one attached hydrogen (secondary N) is 2. The number of benzene rings is 1. The average molecular weight is 332 g/mol. The Morgan fingerprint density at radius 2 is 2.15 bits per heavy atom. The lowest BCUT2D eigenvalue weighted by Crippen LogP contribution is -2.23. The van der Waals surface area contributed by atoms with Crippen molar-refractivity contribution < 1.29 is 8.42 Å². The SMILES string of the molecule is CNc1nc(CNS(=O)(=O)c2ccc(C)c(Cl)c2)cs1. The van der Waals surface area contributed by atoms with Crippen LogP contribution in [0.2, 0.25) is 5.02 Å². The van der Waals surface area contributed by atoms with Crippen molar-refractivity contribution >= 4 is 38.1 Å². The number of halogens is 1. The van der Waals surface area contributed by atoms with Crippen molar-refractivity contribution in [3.05, 3.63) is 39.9 Å². The van der Waals surface area contributed by atoms with Crippen molar-refractivity contribution in [2.45, 2.75) is 18.4 Å². The van der Waals surface area contributed by atoms with Crippen molar-refractivity contribution in [3.63, 3.8) is 0 Å². The molecule has 8 heteroatoms. The molecule has 0 bridgehead atoms. The fourth-order valence-electron chi connectivity index (χ4n) is 1.50. The van der Waals surface area contributed by atoms with E-state index in [4.69, 9.17) is 11.6 Å². The van der Waals surface area contributed by atoms with E-state index in [0.29, 0.717) is 10.7 Å². The van der Waals surface area contributed by atoms with E-state index in [0.717, 1.165) is 10.7 Å². The van der Waals surface area contributed by atoms with Gasteiger partial charge in [-0.15, -0.1) is 11.3 Å². The molecule has 0 spiro atoms. The molecule has 1 aromatic heterocycles. The quantitative estimate of drug-likeness (QED) is 0.883. The first-order chi connectivity index (χ1) is 9.42. The maximum absolute atomic E-state index is 12.1. The van der Waals surface area contributed by atoms with Crippen LogP contribution in [0.4, 0.5) is 5.13 Å². The van der Waals surface area contributed by atoms with Crippen molar-refractivity contribution in [2.24, 2.45) is 0 Å². The Kier molecular flexibility index (Phi) is 4.64. The lowest BCUT2D eigenvalue weighted by molar-refractivity contribution is 0.580. The standard InChI is InChI=1S/C12H14ClN3O2S2/c1-8-3-4-10(5-11(8)13)20(17,18)15-6-9-7-19-12(14-2)16-9/h3-5,7,15H,6H2,1-2H3,(H,14,16). The second-order valence-corrected chi connectivity index (χ2v) is 7.16. The number of hydrogen-bond acceptors (Lipinski definition) is 5. The van der Waals surface area contributed by atoms with Crippen molar-refractivity contribution in [3.8, 4) is 0 Å². The molecule has 0 aliphatic rings. The predicted octanol–water partition coefficient (Wildman–Crippen LogP) is 2.63. The summed E-state index contributed by atoms with van der Waals surface area (Å²) in [5, 5.41) is 5.88. The van der Waals surface area contributed by atoms with E-state index in [1.807, 2.05) is 6.92 Å². The molecule has 0 radical (unpaired) electrons. The van der Waals surface area contributed by atoms with Gasteiger partial charge in [-0.1, -0.05) is 17.7 Å². The molecule has 0 atom stereocenters. The monoisotopic (exact) mass is 331 g/mol. The van der Waals surface area contributed by atoms with E-state index in [1.54, 1.807) is 18.5 Å². The molecule has 2 N–H and O–H groups in total. The van der Waals surface area contributed by atoms with Crippen LogP contribution >= 0.6 is 22.9 Å². The van der Waals surface area contributed by atoms with Crippen LogP contribution in [-0.2, 0) is 16.6 Å². The Morgan fingerprint density at radius 3 is 2.75 bits per heavy atom. The molecule has 1 heterocycles. The van der Waals surface area contributed by atoms with Gasteiger partial charge >= 0.3 is 0 Å². The lowest BCUT2D eigenvalue weighted by Gasteiger charge is -2.07. The number of rotatable bonds is 5. The number of aromatic nitrogens is 1. The summed E-state index contributed by atoms with van der Waals surface area (Å²) in [6.45, 7) is 1.97. The summed E-state index contributed by atoms with van der Waals surface area (Å²) < 4.78 is 26.8. The zero-order chi connectivity index (χ0) is 14.8. The number of sulfonamides is 1. The van der Waals surface area contributed by atoms with Crippen molar-refractivity contribution in [1.82, 2.24) is 9.71 Å². The number of thiazole rings is 1. The molecule has 0 unspecified atom stereocenters. The third kappa shape index (κ3) is 3.49. The number of anilines is 1. The topological polar surface area (TPSA) is 71.1 Å². The van der Waals surface area contributed by atoms with E-state index in [-0.39, 0.29) is 11.4 Å². The van der Waals surface area contributed by atoms with Gasteiger partial charge in [-0.2, -0.15) is 0 Å².